The van der Waals surface area contributed by atoms with Gasteiger partial charge >= 0.3 is 0 Å². The normalized spacial score (nSPS) is 12.9. The summed E-state index contributed by atoms with van der Waals surface area (Å²) in [5.41, 5.74) is 3.87. The van der Waals surface area contributed by atoms with Gasteiger partial charge in [0.15, 0.2) is 5.82 Å². The Bertz CT molecular complexity index is 1170. The van der Waals surface area contributed by atoms with Crippen LogP contribution in [0.15, 0.2) is 45.8 Å². The van der Waals surface area contributed by atoms with Gasteiger partial charge in [-0.3, -0.25) is 9.59 Å². The van der Waals surface area contributed by atoms with E-state index in [2.05, 4.69) is 41.8 Å². The van der Waals surface area contributed by atoms with E-state index in [0.717, 1.165) is 22.6 Å². The number of rotatable bonds is 4. The van der Waals surface area contributed by atoms with Crippen LogP contribution in [0.5, 0.6) is 0 Å². The summed E-state index contributed by atoms with van der Waals surface area (Å²) in [6.07, 6.45) is 2.79. The van der Waals surface area contributed by atoms with E-state index < -0.39 is 0 Å². The Kier molecular flexibility index (Phi) is 5.06. The molecule has 1 aliphatic heterocycles. The van der Waals surface area contributed by atoms with E-state index >= 15 is 0 Å². The minimum absolute atomic E-state index is 0.0346. The molecule has 1 aromatic carbocycles. The number of halogens is 1. The fourth-order valence-corrected chi connectivity index (χ4v) is 3.35. The zero-order valence-corrected chi connectivity index (χ0v) is 17.5. The van der Waals surface area contributed by atoms with Gasteiger partial charge in [0.1, 0.15) is 5.69 Å². The molecule has 3 aromatic rings. The van der Waals surface area contributed by atoms with Gasteiger partial charge < -0.3 is 20.5 Å². The van der Waals surface area contributed by atoms with Crippen molar-refractivity contribution >= 4 is 50.7 Å². The van der Waals surface area contributed by atoms with Crippen LogP contribution in [0.3, 0.4) is 0 Å². The first-order valence-electron chi connectivity index (χ1n) is 9.07. The van der Waals surface area contributed by atoms with Crippen LogP contribution >= 0.6 is 15.9 Å². The quantitative estimate of drug-likeness (QED) is 0.556. The summed E-state index contributed by atoms with van der Waals surface area (Å²) in [4.78, 5) is 32.7. The molecule has 1 amide bonds. The van der Waals surface area contributed by atoms with Crippen LogP contribution in [0.4, 0.5) is 28.8 Å². The lowest BCUT2D eigenvalue weighted by molar-refractivity contribution is -0.116. The third-order valence-corrected chi connectivity index (χ3v) is 5.39. The monoisotopic (exact) mass is 454 g/mol. The number of aryl methyl sites for hydroxylation is 2. The van der Waals surface area contributed by atoms with E-state index in [1.165, 1.54) is 0 Å². The minimum atomic E-state index is -0.137. The van der Waals surface area contributed by atoms with E-state index in [1.807, 2.05) is 31.2 Å². The Morgan fingerprint density at radius 2 is 1.97 bits per heavy atom. The van der Waals surface area contributed by atoms with Crippen molar-refractivity contribution in [2.24, 2.45) is 7.05 Å². The van der Waals surface area contributed by atoms with Crippen LogP contribution < -0.4 is 21.5 Å². The topological polar surface area (TPSA) is 101 Å². The zero-order valence-electron chi connectivity index (χ0n) is 15.9. The van der Waals surface area contributed by atoms with Crippen molar-refractivity contribution in [3.63, 3.8) is 0 Å². The molecule has 29 heavy (non-hydrogen) atoms. The molecule has 148 valence electrons. The first-order valence-corrected chi connectivity index (χ1v) is 9.86. The maximum absolute atomic E-state index is 12.4. The Hall–Kier alpha value is -3.20. The highest BCUT2D eigenvalue weighted by atomic mass is 79.9. The molecule has 0 saturated carbocycles. The molecule has 0 saturated heterocycles. The predicted molar refractivity (Wildman–Crippen MR) is 116 cm³/mol. The highest BCUT2D eigenvalue weighted by Gasteiger charge is 2.15. The molecule has 8 nitrogen and oxygen atoms in total. The number of amides is 1. The number of nitrogens with one attached hydrogen (secondary N) is 3. The highest BCUT2D eigenvalue weighted by Crippen LogP contribution is 2.28. The summed E-state index contributed by atoms with van der Waals surface area (Å²) in [7, 11) is 1.73. The summed E-state index contributed by atoms with van der Waals surface area (Å²) in [6.45, 7) is 1.87. The van der Waals surface area contributed by atoms with Crippen molar-refractivity contribution in [2.45, 2.75) is 19.8 Å². The third kappa shape index (κ3) is 4.00. The van der Waals surface area contributed by atoms with Crippen molar-refractivity contribution in [3.05, 3.63) is 62.6 Å². The minimum Gasteiger partial charge on any atom is -0.335 e. The molecule has 9 heteroatoms. The number of carbonyl (C=O) groups excluding carboxylic acids is 1. The summed E-state index contributed by atoms with van der Waals surface area (Å²) in [6, 6.07) is 9.30. The lowest BCUT2D eigenvalue weighted by atomic mass is 10.0. The van der Waals surface area contributed by atoms with E-state index in [4.69, 9.17) is 0 Å². The van der Waals surface area contributed by atoms with Gasteiger partial charge in [-0.1, -0.05) is 0 Å². The van der Waals surface area contributed by atoms with E-state index in [-0.39, 0.29) is 11.5 Å². The molecule has 0 fully saturated rings. The average Bonchev–Trinajstić information content (AvgIpc) is 2.71. The zero-order chi connectivity index (χ0) is 20.5. The molecule has 0 atom stereocenters. The van der Waals surface area contributed by atoms with Crippen molar-refractivity contribution in [1.82, 2.24) is 14.5 Å². The predicted octanol–water partition coefficient (Wildman–Crippen LogP) is 3.62. The first-order chi connectivity index (χ1) is 13.9. The van der Waals surface area contributed by atoms with Gasteiger partial charge in [-0.2, -0.15) is 4.98 Å². The van der Waals surface area contributed by atoms with Crippen LogP contribution in [0.2, 0.25) is 0 Å². The third-order valence-electron chi connectivity index (χ3n) is 4.81. The number of fused-ring (bicyclic) bond motifs is 1. The molecule has 0 aliphatic carbocycles. The standard InChI is InChI=1S/C20H19BrN6O2/c1-11-3-6-16(19(29)27(11)2)25-18-14(21)10-22-20(26-18)23-13-5-7-15-12(9-13)4-8-17(28)24-15/h3,5-7,9-10H,4,8H2,1-2H3,(H,24,28)(H2,22,23,25,26). The lowest BCUT2D eigenvalue weighted by Gasteiger charge is -2.18. The van der Waals surface area contributed by atoms with Crippen molar-refractivity contribution < 1.29 is 4.79 Å². The van der Waals surface area contributed by atoms with Crippen LogP contribution in [-0.4, -0.2) is 20.4 Å². The van der Waals surface area contributed by atoms with Crippen LogP contribution in [-0.2, 0) is 18.3 Å². The molecule has 0 bridgehead atoms. The Morgan fingerprint density at radius 3 is 2.79 bits per heavy atom. The maximum atomic E-state index is 12.4. The second-order valence-electron chi connectivity index (χ2n) is 6.81. The fourth-order valence-electron chi connectivity index (χ4n) is 3.06. The molecule has 1 aliphatic rings. The second kappa shape index (κ2) is 7.67. The number of nitrogens with zero attached hydrogens (tertiary/aromatic N) is 3. The van der Waals surface area contributed by atoms with Gasteiger partial charge in [0.2, 0.25) is 11.9 Å². The van der Waals surface area contributed by atoms with Crippen molar-refractivity contribution in [1.29, 1.82) is 0 Å². The number of aromatic nitrogens is 3. The Labute approximate surface area is 175 Å². The highest BCUT2D eigenvalue weighted by molar-refractivity contribution is 9.10. The molecular weight excluding hydrogens is 436 g/mol. The Morgan fingerprint density at radius 1 is 1.14 bits per heavy atom. The smallest absolute Gasteiger partial charge is 0.274 e. The summed E-state index contributed by atoms with van der Waals surface area (Å²) in [5.74, 6) is 0.903. The summed E-state index contributed by atoms with van der Waals surface area (Å²) >= 11 is 3.42. The SMILES string of the molecule is Cc1ccc(Nc2nc(Nc3ccc4c(c3)CCC(=O)N4)ncc2Br)c(=O)n1C. The number of benzene rings is 1. The number of carbonyl (C=O) groups is 1. The van der Waals surface area contributed by atoms with Gasteiger partial charge in [-0.05, 0) is 65.2 Å². The largest absolute Gasteiger partial charge is 0.335 e. The molecule has 4 rings (SSSR count). The summed E-state index contributed by atoms with van der Waals surface area (Å²) in [5, 5.41) is 9.11. The van der Waals surface area contributed by atoms with Gasteiger partial charge in [-0.15, -0.1) is 0 Å². The van der Waals surface area contributed by atoms with Crippen LogP contribution in [0, 0.1) is 6.92 Å². The fraction of sp³-hybridized carbons (Fsp3) is 0.200. The van der Waals surface area contributed by atoms with Crippen molar-refractivity contribution in [3.8, 4) is 0 Å². The van der Waals surface area contributed by atoms with E-state index in [1.54, 1.807) is 23.9 Å². The number of hydrogen-bond donors (Lipinski definition) is 3. The summed E-state index contributed by atoms with van der Waals surface area (Å²) < 4.78 is 2.21. The van der Waals surface area contributed by atoms with Crippen molar-refractivity contribution in [2.75, 3.05) is 16.0 Å². The van der Waals surface area contributed by atoms with Gasteiger partial charge in [-0.25, -0.2) is 4.98 Å². The van der Waals surface area contributed by atoms with E-state index in [0.29, 0.717) is 34.8 Å². The Balaban J connectivity index is 1.58. The average molecular weight is 455 g/mol. The van der Waals surface area contributed by atoms with Gasteiger partial charge in [0.25, 0.3) is 5.56 Å². The number of hydrogen-bond acceptors (Lipinski definition) is 6. The molecular formula is C20H19BrN6O2. The molecule has 0 radical (unpaired) electrons. The molecule has 2 aromatic heterocycles. The maximum Gasteiger partial charge on any atom is 0.274 e. The molecule has 3 N–H and O–H groups in total. The molecule has 0 spiro atoms. The second-order valence-corrected chi connectivity index (χ2v) is 7.67. The number of pyridine rings is 1. The van der Waals surface area contributed by atoms with Gasteiger partial charge in [0.05, 0.1) is 4.47 Å². The molecule has 3 heterocycles. The van der Waals surface area contributed by atoms with Crippen LogP contribution in [0.1, 0.15) is 17.7 Å². The lowest BCUT2D eigenvalue weighted by Crippen LogP contribution is -2.21. The number of anilines is 5. The van der Waals surface area contributed by atoms with Crippen LogP contribution in [0.25, 0.3) is 0 Å². The first kappa shape index (κ1) is 19.1. The molecule has 0 unspecified atom stereocenters. The van der Waals surface area contributed by atoms with Gasteiger partial charge in [0, 0.05) is 36.7 Å². The van der Waals surface area contributed by atoms with E-state index in [9.17, 15) is 9.59 Å².